The van der Waals surface area contributed by atoms with Crippen LogP contribution in [0.15, 0.2) is 41.8 Å². The van der Waals surface area contributed by atoms with E-state index in [2.05, 4.69) is 0 Å². The van der Waals surface area contributed by atoms with Crippen molar-refractivity contribution in [1.29, 1.82) is 0 Å². The molecular weight excluding hydrogens is 446 g/mol. The first-order valence-corrected chi connectivity index (χ1v) is 9.71. The molecule has 164 valence electrons. The van der Waals surface area contributed by atoms with Gasteiger partial charge in [0.2, 0.25) is 5.82 Å². The summed E-state index contributed by atoms with van der Waals surface area (Å²) in [5, 5.41) is 9.89. The van der Waals surface area contributed by atoms with Crippen LogP contribution in [0.3, 0.4) is 0 Å². The van der Waals surface area contributed by atoms with Gasteiger partial charge in [-0.25, -0.2) is 8.78 Å². The Labute approximate surface area is 176 Å². The SMILES string of the molecule is O=C(O)CCc1ccc(OCc2c(-c3ccc(F)cc3)csc2C(F)(F)F)c(F)c1F. The lowest BCUT2D eigenvalue weighted by Gasteiger charge is -2.13. The predicted molar refractivity (Wildman–Crippen MR) is 101 cm³/mol. The standard InChI is InChI=1S/C21H14F6O3S/c22-13-5-1-11(2-6-13)15-10-31-20(21(25,26)27)14(15)9-30-16-7-3-12(4-8-17(28)29)18(23)19(16)24/h1-3,5-7,10H,4,8-9H2,(H,28,29). The average Bonchev–Trinajstić information content (AvgIpc) is 3.13. The van der Waals surface area contributed by atoms with Crippen LogP contribution in [0.4, 0.5) is 26.3 Å². The Balaban J connectivity index is 1.90. The third-order valence-corrected chi connectivity index (χ3v) is 5.48. The number of carboxylic acids is 1. The molecule has 0 saturated heterocycles. The minimum Gasteiger partial charge on any atom is -0.486 e. The zero-order chi connectivity index (χ0) is 22.8. The third kappa shape index (κ3) is 5.19. The molecule has 1 aromatic heterocycles. The molecule has 0 unspecified atom stereocenters. The molecule has 1 heterocycles. The van der Waals surface area contributed by atoms with Gasteiger partial charge in [0.05, 0.1) is 0 Å². The maximum Gasteiger partial charge on any atom is 0.426 e. The van der Waals surface area contributed by atoms with E-state index in [0.717, 1.165) is 24.3 Å². The second-order valence-corrected chi connectivity index (χ2v) is 7.37. The van der Waals surface area contributed by atoms with E-state index in [1.54, 1.807) is 0 Å². The zero-order valence-corrected chi connectivity index (χ0v) is 16.4. The summed E-state index contributed by atoms with van der Waals surface area (Å²) in [6.45, 7) is -0.712. The number of aryl methyl sites for hydroxylation is 1. The molecule has 2 aromatic carbocycles. The van der Waals surface area contributed by atoms with Gasteiger partial charge in [0.25, 0.3) is 0 Å². The van der Waals surface area contributed by atoms with Crippen LogP contribution in [0.5, 0.6) is 5.75 Å². The number of carbonyl (C=O) groups is 1. The highest BCUT2D eigenvalue weighted by Crippen LogP contribution is 2.42. The highest BCUT2D eigenvalue weighted by molar-refractivity contribution is 7.10. The first-order chi connectivity index (χ1) is 14.6. The maximum atomic E-state index is 14.3. The quantitative estimate of drug-likeness (QED) is 0.413. The lowest BCUT2D eigenvalue weighted by atomic mass is 10.0. The Hall–Kier alpha value is -3.01. The van der Waals surface area contributed by atoms with Gasteiger partial charge in [-0.3, -0.25) is 4.79 Å². The number of benzene rings is 2. The summed E-state index contributed by atoms with van der Waals surface area (Å²) >= 11 is 0.414. The van der Waals surface area contributed by atoms with Crippen molar-refractivity contribution in [3.05, 3.63) is 75.2 Å². The van der Waals surface area contributed by atoms with Crippen LogP contribution in [0.2, 0.25) is 0 Å². The molecule has 0 atom stereocenters. The number of alkyl halides is 3. The van der Waals surface area contributed by atoms with Gasteiger partial charge in [0.1, 0.15) is 17.3 Å². The summed E-state index contributed by atoms with van der Waals surface area (Å²) in [6, 6.07) is 6.95. The minimum atomic E-state index is -4.70. The zero-order valence-electron chi connectivity index (χ0n) is 15.6. The van der Waals surface area contributed by atoms with Crippen LogP contribution in [-0.2, 0) is 24.0 Å². The number of halogens is 6. The Kier molecular flexibility index (Phi) is 6.59. The van der Waals surface area contributed by atoms with Gasteiger partial charge in [0, 0.05) is 12.0 Å². The van der Waals surface area contributed by atoms with E-state index in [-0.39, 0.29) is 23.1 Å². The molecule has 3 aromatic rings. The Morgan fingerprint density at radius 2 is 1.68 bits per heavy atom. The summed E-state index contributed by atoms with van der Waals surface area (Å²) in [5.74, 6) is -5.10. The van der Waals surface area contributed by atoms with Crippen molar-refractivity contribution >= 4 is 17.3 Å². The van der Waals surface area contributed by atoms with Crippen LogP contribution in [-0.4, -0.2) is 11.1 Å². The number of rotatable bonds is 7. The summed E-state index contributed by atoms with van der Waals surface area (Å²) in [4.78, 5) is 9.63. The first-order valence-electron chi connectivity index (χ1n) is 8.83. The van der Waals surface area contributed by atoms with E-state index in [1.807, 2.05) is 0 Å². The fourth-order valence-corrected chi connectivity index (χ4v) is 3.86. The lowest BCUT2D eigenvalue weighted by molar-refractivity contribution is -0.137. The summed E-state index contributed by atoms with van der Waals surface area (Å²) in [5.41, 5.74) is -0.0386. The Bertz CT molecular complexity index is 1090. The molecule has 0 bridgehead atoms. The minimum absolute atomic E-state index is 0.135. The van der Waals surface area contributed by atoms with E-state index < -0.39 is 53.3 Å². The number of ether oxygens (including phenoxy) is 1. The van der Waals surface area contributed by atoms with Gasteiger partial charge in [-0.15, -0.1) is 11.3 Å². The van der Waals surface area contributed by atoms with Gasteiger partial charge in [-0.05, 0) is 46.7 Å². The van der Waals surface area contributed by atoms with Crippen molar-refractivity contribution < 1.29 is 41.0 Å². The van der Waals surface area contributed by atoms with Crippen molar-refractivity contribution in [2.45, 2.75) is 25.6 Å². The number of aliphatic carboxylic acids is 1. The number of thiophene rings is 1. The molecule has 0 aliphatic carbocycles. The van der Waals surface area contributed by atoms with Crippen LogP contribution >= 0.6 is 11.3 Å². The Morgan fingerprint density at radius 3 is 2.29 bits per heavy atom. The summed E-state index contributed by atoms with van der Waals surface area (Å²) in [6.07, 6.45) is -5.37. The largest absolute Gasteiger partial charge is 0.486 e. The number of hydrogen-bond donors (Lipinski definition) is 1. The Morgan fingerprint density at radius 1 is 1.00 bits per heavy atom. The van der Waals surface area contributed by atoms with Gasteiger partial charge in [-0.1, -0.05) is 18.2 Å². The van der Waals surface area contributed by atoms with Crippen LogP contribution in [0.25, 0.3) is 11.1 Å². The molecule has 0 aliphatic heterocycles. The van der Waals surface area contributed by atoms with Gasteiger partial charge >= 0.3 is 12.1 Å². The molecule has 3 nitrogen and oxygen atoms in total. The van der Waals surface area contributed by atoms with Crippen molar-refractivity contribution in [2.75, 3.05) is 0 Å². The molecule has 0 radical (unpaired) electrons. The summed E-state index contributed by atoms with van der Waals surface area (Å²) < 4.78 is 87.1. The van der Waals surface area contributed by atoms with E-state index in [9.17, 15) is 31.1 Å². The smallest absolute Gasteiger partial charge is 0.426 e. The van der Waals surface area contributed by atoms with Gasteiger partial charge < -0.3 is 9.84 Å². The molecule has 10 heteroatoms. The topological polar surface area (TPSA) is 46.5 Å². The first kappa shape index (κ1) is 22.7. The van der Waals surface area contributed by atoms with Crippen molar-refractivity contribution in [3.8, 4) is 16.9 Å². The molecule has 0 aliphatic rings. The fraction of sp³-hybridized carbons (Fsp3) is 0.190. The number of carboxylic acid groups (broad SMARTS) is 1. The second-order valence-electron chi connectivity index (χ2n) is 6.49. The van der Waals surface area contributed by atoms with Crippen molar-refractivity contribution in [2.24, 2.45) is 0 Å². The van der Waals surface area contributed by atoms with E-state index in [4.69, 9.17) is 9.84 Å². The molecule has 3 rings (SSSR count). The molecule has 1 N–H and O–H groups in total. The molecule has 0 fully saturated rings. The van der Waals surface area contributed by atoms with Crippen LogP contribution in [0.1, 0.15) is 22.4 Å². The van der Waals surface area contributed by atoms with E-state index >= 15 is 0 Å². The molecule has 0 amide bonds. The summed E-state index contributed by atoms with van der Waals surface area (Å²) in [7, 11) is 0. The van der Waals surface area contributed by atoms with E-state index in [1.165, 1.54) is 17.5 Å². The van der Waals surface area contributed by atoms with Crippen LogP contribution in [0, 0.1) is 17.5 Å². The lowest BCUT2D eigenvalue weighted by Crippen LogP contribution is -2.09. The average molecular weight is 460 g/mol. The highest BCUT2D eigenvalue weighted by Gasteiger charge is 2.37. The van der Waals surface area contributed by atoms with Gasteiger partial charge in [-0.2, -0.15) is 17.6 Å². The molecular formula is C21H14F6O3S. The number of hydrogen-bond acceptors (Lipinski definition) is 3. The molecule has 0 saturated carbocycles. The van der Waals surface area contributed by atoms with Crippen molar-refractivity contribution in [3.63, 3.8) is 0 Å². The monoisotopic (exact) mass is 460 g/mol. The van der Waals surface area contributed by atoms with Gasteiger partial charge in [0.15, 0.2) is 11.6 Å². The molecule has 31 heavy (non-hydrogen) atoms. The highest BCUT2D eigenvalue weighted by atomic mass is 32.1. The van der Waals surface area contributed by atoms with E-state index in [0.29, 0.717) is 16.9 Å². The second kappa shape index (κ2) is 9.01. The molecule has 0 spiro atoms. The normalized spacial score (nSPS) is 11.5. The maximum absolute atomic E-state index is 14.3. The van der Waals surface area contributed by atoms with Crippen LogP contribution < -0.4 is 4.74 Å². The fourth-order valence-electron chi connectivity index (χ4n) is 2.90. The predicted octanol–water partition coefficient (Wildman–Crippen LogP) is 6.45. The third-order valence-electron chi connectivity index (χ3n) is 4.41. The van der Waals surface area contributed by atoms with Crippen molar-refractivity contribution in [1.82, 2.24) is 0 Å².